The number of hydrogen-bond acceptors (Lipinski definition) is 5. The van der Waals surface area contributed by atoms with Gasteiger partial charge in [-0.15, -0.1) is 0 Å². The van der Waals surface area contributed by atoms with Crippen LogP contribution in [0.25, 0.3) is 10.8 Å². The monoisotopic (exact) mass is 245 g/mol. The van der Waals surface area contributed by atoms with Crippen molar-refractivity contribution in [2.75, 3.05) is 0 Å². The van der Waals surface area contributed by atoms with Crippen LogP contribution in [0, 0.1) is 0 Å². The van der Waals surface area contributed by atoms with E-state index in [0.717, 1.165) is 0 Å². The fourth-order valence-electron chi connectivity index (χ4n) is 1.62. The largest absolute Gasteiger partial charge is 0.426 e. The molecule has 0 amide bonds. The van der Waals surface area contributed by atoms with E-state index >= 15 is 0 Å². The molecule has 0 saturated carbocycles. The lowest BCUT2D eigenvalue weighted by Crippen LogP contribution is -2.04. The van der Waals surface area contributed by atoms with Gasteiger partial charge < -0.3 is 9.47 Å². The van der Waals surface area contributed by atoms with E-state index in [2.05, 4.69) is 4.98 Å². The van der Waals surface area contributed by atoms with Crippen LogP contribution in [0.15, 0.2) is 30.6 Å². The van der Waals surface area contributed by atoms with Crippen LogP contribution < -0.4 is 9.47 Å². The van der Waals surface area contributed by atoms with Gasteiger partial charge in [0.05, 0.1) is 0 Å². The number of ether oxygens (including phenoxy) is 2. The van der Waals surface area contributed by atoms with E-state index in [4.69, 9.17) is 9.47 Å². The first-order valence-electron chi connectivity index (χ1n) is 5.31. The molecule has 92 valence electrons. The SMILES string of the molecule is CC(=O)Oc1ccc(OC(C)=O)c2cnccc12. The quantitative estimate of drug-likeness (QED) is 0.598. The van der Waals surface area contributed by atoms with Gasteiger partial charge in [0, 0.05) is 37.0 Å². The van der Waals surface area contributed by atoms with Crippen LogP contribution in [0.5, 0.6) is 11.5 Å². The Morgan fingerprint density at radius 2 is 1.50 bits per heavy atom. The maximum Gasteiger partial charge on any atom is 0.308 e. The molecule has 0 fully saturated rings. The predicted molar refractivity (Wildman–Crippen MR) is 64.4 cm³/mol. The molecule has 5 nitrogen and oxygen atoms in total. The maximum absolute atomic E-state index is 11.0. The van der Waals surface area contributed by atoms with Crippen molar-refractivity contribution < 1.29 is 19.1 Å². The lowest BCUT2D eigenvalue weighted by molar-refractivity contribution is -0.132. The third kappa shape index (κ3) is 2.45. The summed E-state index contributed by atoms with van der Waals surface area (Å²) in [4.78, 5) is 26.0. The molecule has 0 aliphatic heterocycles. The van der Waals surface area contributed by atoms with Gasteiger partial charge >= 0.3 is 11.9 Å². The molecule has 2 aromatic rings. The molecule has 0 bridgehead atoms. The smallest absolute Gasteiger partial charge is 0.308 e. The van der Waals surface area contributed by atoms with E-state index in [9.17, 15) is 9.59 Å². The fourth-order valence-corrected chi connectivity index (χ4v) is 1.62. The zero-order valence-electron chi connectivity index (χ0n) is 9.97. The van der Waals surface area contributed by atoms with E-state index in [1.165, 1.54) is 13.8 Å². The number of rotatable bonds is 2. The van der Waals surface area contributed by atoms with Crippen molar-refractivity contribution in [3.8, 4) is 11.5 Å². The lowest BCUT2D eigenvalue weighted by Gasteiger charge is -2.09. The molecular formula is C13H11NO4. The molecule has 0 spiro atoms. The van der Waals surface area contributed by atoms with Gasteiger partial charge in [-0.1, -0.05) is 0 Å². The normalized spacial score (nSPS) is 10.1. The van der Waals surface area contributed by atoms with Gasteiger partial charge in [-0.05, 0) is 18.2 Å². The number of esters is 2. The minimum absolute atomic E-state index is 0.390. The van der Waals surface area contributed by atoms with E-state index in [-0.39, 0.29) is 0 Å². The summed E-state index contributed by atoms with van der Waals surface area (Å²) in [6, 6.07) is 4.85. The van der Waals surface area contributed by atoms with Crippen LogP contribution in [-0.4, -0.2) is 16.9 Å². The minimum atomic E-state index is -0.416. The Balaban J connectivity index is 2.58. The van der Waals surface area contributed by atoms with Gasteiger partial charge in [-0.25, -0.2) is 0 Å². The molecule has 1 heterocycles. The molecule has 0 aliphatic rings. The summed E-state index contributed by atoms with van der Waals surface area (Å²) in [5, 5.41) is 1.28. The van der Waals surface area contributed by atoms with Crippen LogP contribution in [0.4, 0.5) is 0 Å². The van der Waals surface area contributed by atoms with Crippen LogP contribution >= 0.6 is 0 Å². The first-order valence-corrected chi connectivity index (χ1v) is 5.31. The van der Waals surface area contributed by atoms with Crippen molar-refractivity contribution in [3.63, 3.8) is 0 Å². The number of carbonyl (C=O) groups is 2. The van der Waals surface area contributed by atoms with Crippen LogP contribution in [0.3, 0.4) is 0 Å². The zero-order chi connectivity index (χ0) is 13.1. The van der Waals surface area contributed by atoms with Crippen LogP contribution in [0.1, 0.15) is 13.8 Å². The van der Waals surface area contributed by atoms with Gasteiger partial charge in [-0.2, -0.15) is 0 Å². The average Bonchev–Trinajstić information content (AvgIpc) is 2.31. The Hall–Kier alpha value is -2.43. The zero-order valence-corrected chi connectivity index (χ0v) is 9.97. The van der Waals surface area contributed by atoms with Gasteiger partial charge in [0.1, 0.15) is 11.5 Å². The molecular weight excluding hydrogens is 234 g/mol. The van der Waals surface area contributed by atoms with Gasteiger partial charge in [0.2, 0.25) is 0 Å². The van der Waals surface area contributed by atoms with E-state index in [1.807, 2.05) is 0 Å². The number of benzene rings is 1. The first kappa shape index (κ1) is 12.0. The highest BCUT2D eigenvalue weighted by atomic mass is 16.5. The molecule has 1 aromatic heterocycles. The number of hydrogen-bond donors (Lipinski definition) is 0. The van der Waals surface area contributed by atoms with Gasteiger partial charge in [-0.3, -0.25) is 14.6 Å². The lowest BCUT2D eigenvalue weighted by atomic mass is 10.1. The summed E-state index contributed by atoms with van der Waals surface area (Å²) in [6.07, 6.45) is 3.13. The molecule has 0 atom stereocenters. The second-order valence-corrected chi connectivity index (χ2v) is 3.67. The number of carbonyl (C=O) groups excluding carboxylic acids is 2. The highest BCUT2D eigenvalue weighted by Crippen LogP contribution is 2.32. The molecule has 0 unspecified atom stereocenters. The van der Waals surface area contributed by atoms with E-state index in [0.29, 0.717) is 22.3 Å². The summed E-state index contributed by atoms with van der Waals surface area (Å²) >= 11 is 0. The first-order chi connectivity index (χ1) is 8.58. The third-order valence-corrected chi connectivity index (χ3v) is 2.25. The summed E-state index contributed by atoms with van der Waals surface area (Å²) in [5.74, 6) is -0.0222. The van der Waals surface area contributed by atoms with Crippen molar-refractivity contribution in [2.24, 2.45) is 0 Å². The molecule has 0 aliphatic carbocycles. The van der Waals surface area contributed by atoms with Crippen molar-refractivity contribution >= 4 is 22.7 Å². The Labute approximate surface area is 103 Å². The second-order valence-electron chi connectivity index (χ2n) is 3.67. The van der Waals surface area contributed by atoms with Crippen molar-refractivity contribution in [1.82, 2.24) is 4.98 Å². The highest BCUT2D eigenvalue weighted by Gasteiger charge is 2.10. The Bertz CT molecular complexity index is 567. The predicted octanol–water partition coefficient (Wildman–Crippen LogP) is 2.09. The number of nitrogens with zero attached hydrogens (tertiary/aromatic N) is 1. The van der Waals surface area contributed by atoms with Crippen LogP contribution in [-0.2, 0) is 9.59 Å². The number of fused-ring (bicyclic) bond motifs is 1. The summed E-state index contributed by atoms with van der Waals surface area (Å²) in [7, 11) is 0. The van der Waals surface area contributed by atoms with E-state index < -0.39 is 11.9 Å². The average molecular weight is 245 g/mol. The summed E-state index contributed by atoms with van der Waals surface area (Å²) < 4.78 is 10.1. The topological polar surface area (TPSA) is 65.5 Å². The number of aromatic nitrogens is 1. The van der Waals surface area contributed by atoms with Crippen LogP contribution in [0.2, 0.25) is 0 Å². The van der Waals surface area contributed by atoms with E-state index in [1.54, 1.807) is 30.6 Å². The molecule has 1 aromatic carbocycles. The molecule has 0 saturated heterocycles. The summed E-state index contributed by atoms with van der Waals surface area (Å²) in [6.45, 7) is 2.65. The Morgan fingerprint density at radius 3 is 2.06 bits per heavy atom. The molecule has 2 rings (SSSR count). The van der Waals surface area contributed by atoms with Gasteiger partial charge in [0.25, 0.3) is 0 Å². The molecule has 0 N–H and O–H groups in total. The summed E-state index contributed by atoms with van der Waals surface area (Å²) in [5.41, 5.74) is 0. The molecule has 5 heteroatoms. The standard InChI is InChI=1S/C13H11NO4/c1-8(15)17-12-3-4-13(18-9(2)16)11-7-14-6-5-10(11)12/h3-7H,1-2H3. The maximum atomic E-state index is 11.0. The second kappa shape index (κ2) is 4.83. The van der Waals surface area contributed by atoms with Crippen molar-refractivity contribution in [1.29, 1.82) is 0 Å². The van der Waals surface area contributed by atoms with Crippen molar-refractivity contribution in [3.05, 3.63) is 30.6 Å². The van der Waals surface area contributed by atoms with Gasteiger partial charge in [0.15, 0.2) is 0 Å². The molecule has 18 heavy (non-hydrogen) atoms. The third-order valence-electron chi connectivity index (χ3n) is 2.25. The Morgan fingerprint density at radius 1 is 0.944 bits per heavy atom. The number of pyridine rings is 1. The fraction of sp³-hybridized carbons (Fsp3) is 0.154. The minimum Gasteiger partial charge on any atom is -0.426 e. The molecule has 0 radical (unpaired) electrons. The van der Waals surface area contributed by atoms with Crippen molar-refractivity contribution in [2.45, 2.75) is 13.8 Å². The highest BCUT2D eigenvalue weighted by molar-refractivity contribution is 5.95. The Kier molecular flexibility index (Phi) is 3.23.